The summed E-state index contributed by atoms with van der Waals surface area (Å²) >= 11 is 1.61. The summed E-state index contributed by atoms with van der Waals surface area (Å²) < 4.78 is 1.76. The van der Waals surface area contributed by atoms with Gasteiger partial charge in [-0.05, 0) is 13.8 Å². The average molecular weight is 194 g/mol. The molecule has 0 atom stereocenters. The minimum Gasteiger partial charge on any atom is -0.382 e. The molecule has 0 unspecified atom stereocenters. The summed E-state index contributed by atoms with van der Waals surface area (Å²) in [5.74, 6) is 0.533. The molecule has 2 aromatic rings. The van der Waals surface area contributed by atoms with Crippen molar-refractivity contribution < 1.29 is 0 Å². The molecule has 0 spiro atoms. The number of nitrogens with two attached hydrogens (primary N) is 1. The summed E-state index contributed by atoms with van der Waals surface area (Å²) in [4.78, 5) is 4.31. The van der Waals surface area contributed by atoms with Crippen molar-refractivity contribution in [2.45, 2.75) is 13.8 Å². The van der Waals surface area contributed by atoms with Gasteiger partial charge in [0.05, 0.1) is 10.7 Å². The first-order chi connectivity index (χ1) is 6.16. The Morgan fingerprint density at radius 3 is 2.69 bits per heavy atom. The molecule has 0 aliphatic carbocycles. The highest BCUT2D eigenvalue weighted by Crippen LogP contribution is 2.21. The highest BCUT2D eigenvalue weighted by atomic mass is 32.1. The minimum atomic E-state index is 0.533. The molecule has 13 heavy (non-hydrogen) atoms. The third-order valence-electron chi connectivity index (χ3n) is 1.70. The summed E-state index contributed by atoms with van der Waals surface area (Å²) in [6.45, 7) is 3.95. The molecular weight excluding hydrogens is 184 g/mol. The number of aryl methyl sites for hydroxylation is 2. The van der Waals surface area contributed by atoms with Gasteiger partial charge in [0.25, 0.3) is 0 Å². The molecule has 0 bridgehead atoms. The van der Waals surface area contributed by atoms with Gasteiger partial charge < -0.3 is 5.73 Å². The molecule has 2 N–H and O–H groups in total. The Morgan fingerprint density at radius 2 is 2.23 bits per heavy atom. The number of hydrogen-bond acceptors (Lipinski definition) is 4. The number of nitrogen functional groups attached to an aromatic ring is 1. The minimum absolute atomic E-state index is 0.533. The monoisotopic (exact) mass is 194 g/mol. The van der Waals surface area contributed by atoms with E-state index in [-0.39, 0.29) is 0 Å². The molecule has 0 radical (unpaired) electrons. The Hall–Kier alpha value is -1.36. The van der Waals surface area contributed by atoms with Crippen LogP contribution in [0, 0.1) is 13.8 Å². The van der Waals surface area contributed by atoms with Gasteiger partial charge in [0.2, 0.25) is 0 Å². The van der Waals surface area contributed by atoms with Gasteiger partial charge in [-0.2, -0.15) is 0 Å². The second-order valence-corrected chi connectivity index (χ2v) is 3.99. The molecule has 0 fully saturated rings. The molecular formula is C8H10N4S. The summed E-state index contributed by atoms with van der Waals surface area (Å²) in [7, 11) is 0. The second-order valence-electron chi connectivity index (χ2n) is 2.81. The Bertz CT molecular complexity index is 429. The molecule has 5 heteroatoms. The van der Waals surface area contributed by atoms with Crippen LogP contribution in [0.3, 0.4) is 0 Å². The summed E-state index contributed by atoms with van der Waals surface area (Å²) in [6.07, 6.45) is 1.84. The van der Waals surface area contributed by atoms with Gasteiger partial charge >= 0.3 is 0 Å². The topological polar surface area (TPSA) is 56.7 Å². The second kappa shape index (κ2) is 2.85. The lowest BCUT2D eigenvalue weighted by Gasteiger charge is -1.95. The number of rotatable bonds is 1. The van der Waals surface area contributed by atoms with Gasteiger partial charge in [-0.3, -0.25) is 0 Å². The van der Waals surface area contributed by atoms with E-state index in [0.29, 0.717) is 5.82 Å². The van der Waals surface area contributed by atoms with E-state index in [4.69, 9.17) is 5.73 Å². The molecule has 4 nitrogen and oxygen atoms in total. The normalized spacial score (nSPS) is 10.6. The average Bonchev–Trinajstić information content (AvgIpc) is 2.58. The first kappa shape index (κ1) is 8.25. The van der Waals surface area contributed by atoms with Crippen molar-refractivity contribution >= 4 is 17.2 Å². The van der Waals surface area contributed by atoms with E-state index < -0.39 is 0 Å². The molecule has 0 aliphatic rings. The van der Waals surface area contributed by atoms with Crippen LogP contribution in [0.25, 0.3) is 5.00 Å². The number of hydrogen-bond donors (Lipinski definition) is 1. The Balaban J connectivity index is 2.51. The van der Waals surface area contributed by atoms with Gasteiger partial charge in [0.1, 0.15) is 10.8 Å². The van der Waals surface area contributed by atoms with E-state index >= 15 is 0 Å². The van der Waals surface area contributed by atoms with Crippen molar-refractivity contribution in [3.8, 4) is 5.00 Å². The maximum atomic E-state index is 5.53. The van der Waals surface area contributed by atoms with E-state index in [1.807, 2.05) is 20.0 Å². The predicted molar refractivity (Wildman–Crippen MR) is 53.1 cm³/mol. The van der Waals surface area contributed by atoms with Gasteiger partial charge in [-0.1, -0.05) is 11.3 Å². The smallest absolute Gasteiger partial charge is 0.145 e. The maximum Gasteiger partial charge on any atom is 0.145 e. The zero-order chi connectivity index (χ0) is 9.42. The van der Waals surface area contributed by atoms with Crippen molar-refractivity contribution in [1.82, 2.24) is 14.8 Å². The Morgan fingerprint density at radius 1 is 1.46 bits per heavy atom. The molecule has 0 aromatic carbocycles. The van der Waals surface area contributed by atoms with Crippen LogP contribution in [-0.4, -0.2) is 14.8 Å². The third kappa shape index (κ3) is 1.42. The van der Waals surface area contributed by atoms with E-state index in [0.717, 1.165) is 15.7 Å². The lowest BCUT2D eigenvalue weighted by Crippen LogP contribution is -1.95. The van der Waals surface area contributed by atoms with Gasteiger partial charge in [0, 0.05) is 12.3 Å². The van der Waals surface area contributed by atoms with E-state index in [2.05, 4.69) is 10.1 Å². The van der Waals surface area contributed by atoms with Crippen LogP contribution in [0.2, 0.25) is 0 Å². The van der Waals surface area contributed by atoms with Crippen molar-refractivity contribution in [2.75, 3.05) is 5.73 Å². The van der Waals surface area contributed by atoms with Gasteiger partial charge in [0.15, 0.2) is 0 Å². The van der Waals surface area contributed by atoms with Crippen molar-refractivity contribution in [2.24, 2.45) is 0 Å². The van der Waals surface area contributed by atoms with Crippen LogP contribution in [0.1, 0.15) is 10.7 Å². The summed E-state index contributed by atoms with van der Waals surface area (Å²) in [6, 6.07) is 1.77. The maximum absolute atomic E-state index is 5.53. The van der Waals surface area contributed by atoms with Crippen LogP contribution in [0.4, 0.5) is 5.82 Å². The largest absolute Gasteiger partial charge is 0.382 e. The molecule has 0 amide bonds. The highest BCUT2D eigenvalue weighted by molar-refractivity contribution is 7.14. The van der Waals surface area contributed by atoms with Gasteiger partial charge in [-0.25, -0.2) is 9.67 Å². The highest BCUT2D eigenvalue weighted by Gasteiger charge is 2.07. The van der Waals surface area contributed by atoms with E-state index in [9.17, 15) is 0 Å². The lowest BCUT2D eigenvalue weighted by molar-refractivity contribution is 0.890. The number of thiazole rings is 1. The predicted octanol–water partition coefficient (Wildman–Crippen LogP) is 1.53. The van der Waals surface area contributed by atoms with Crippen LogP contribution >= 0.6 is 11.3 Å². The Kier molecular flexibility index (Phi) is 1.81. The molecule has 0 aliphatic heterocycles. The number of anilines is 1. The molecule has 2 heterocycles. The molecule has 0 saturated carbocycles. The quantitative estimate of drug-likeness (QED) is 0.749. The van der Waals surface area contributed by atoms with Crippen molar-refractivity contribution in [3.63, 3.8) is 0 Å². The summed E-state index contributed by atoms with van der Waals surface area (Å²) in [5.41, 5.74) is 6.52. The van der Waals surface area contributed by atoms with Crippen molar-refractivity contribution in [1.29, 1.82) is 0 Å². The SMILES string of the molecule is Cc1nc(C)c(-n2ccc(N)n2)s1. The first-order valence-corrected chi connectivity index (χ1v) is 4.74. The third-order valence-corrected chi connectivity index (χ3v) is 2.76. The number of aromatic nitrogens is 3. The van der Waals surface area contributed by atoms with E-state index in [1.165, 1.54) is 0 Å². The fourth-order valence-electron chi connectivity index (χ4n) is 1.18. The zero-order valence-electron chi connectivity index (χ0n) is 7.48. The van der Waals surface area contributed by atoms with E-state index in [1.54, 1.807) is 22.1 Å². The van der Waals surface area contributed by atoms with Crippen LogP contribution in [0.5, 0.6) is 0 Å². The molecule has 68 valence electrons. The molecule has 2 rings (SSSR count). The standard InChI is InChI=1S/C8H10N4S/c1-5-8(13-6(2)10-5)12-4-3-7(9)11-12/h3-4H,1-2H3,(H2,9,11). The van der Waals surface area contributed by atoms with Crippen molar-refractivity contribution in [3.05, 3.63) is 23.0 Å². The number of nitrogens with zero attached hydrogens (tertiary/aromatic N) is 3. The zero-order valence-corrected chi connectivity index (χ0v) is 8.30. The lowest BCUT2D eigenvalue weighted by atomic mass is 10.5. The molecule has 0 saturated heterocycles. The molecule has 2 aromatic heterocycles. The fourth-order valence-corrected chi connectivity index (χ4v) is 2.04. The Labute approximate surface area is 80.0 Å². The van der Waals surface area contributed by atoms with Crippen LogP contribution < -0.4 is 5.73 Å². The fraction of sp³-hybridized carbons (Fsp3) is 0.250. The van der Waals surface area contributed by atoms with Crippen LogP contribution in [0.15, 0.2) is 12.3 Å². The van der Waals surface area contributed by atoms with Crippen LogP contribution in [-0.2, 0) is 0 Å². The van der Waals surface area contributed by atoms with Gasteiger partial charge in [-0.15, -0.1) is 5.10 Å². The first-order valence-electron chi connectivity index (χ1n) is 3.92. The summed E-state index contributed by atoms with van der Waals surface area (Å²) in [5, 5.41) is 6.20.